The number of rotatable bonds is 5. The molecule has 2 aromatic rings. The fourth-order valence-corrected chi connectivity index (χ4v) is 3.84. The van der Waals surface area contributed by atoms with Crippen molar-refractivity contribution in [2.75, 3.05) is 36.5 Å². The van der Waals surface area contributed by atoms with E-state index in [1.165, 1.54) is 6.07 Å². The molecule has 1 aliphatic heterocycles. The van der Waals surface area contributed by atoms with Crippen molar-refractivity contribution >= 4 is 29.3 Å². The van der Waals surface area contributed by atoms with E-state index >= 15 is 0 Å². The number of benzene rings is 1. The van der Waals surface area contributed by atoms with Crippen molar-refractivity contribution in [1.82, 2.24) is 10.2 Å². The molecule has 1 unspecified atom stereocenters. The highest BCUT2D eigenvalue weighted by Crippen LogP contribution is 2.24. The molecule has 1 aromatic heterocycles. The molecule has 0 spiro atoms. The van der Waals surface area contributed by atoms with E-state index in [1.807, 2.05) is 23.9 Å². The number of amides is 2. The third kappa shape index (κ3) is 5.11. The monoisotopic (exact) mass is 391 g/mol. The van der Waals surface area contributed by atoms with E-state index in [-0.39, 0.29) is 18.3 Å². The van der Waals surface area contributed by atoms with Gasteiger partial charge in [0.25, 0.3) is 0 Å². The number of halogens is 1. The van der Waals surface area contributed by atoms with Crippen LogP contribution in [0, 0.1) is 12.7 Å². The molecule has 1 aromatic carbocycles. The Morgan fingerprint density at radius 2 is 2.04 bits per heavy atom. The van der Waals surface area contributed by atoms with Gasteiger partial charge < -0.3 is 15.1 Å². The molecule has 0 radical (unpaired) electrons. The third-order valence-corrected chi connectivity index (χ3v) is 5.39. The predicted octanol–water partition coefficient (Wildman–Crippen LogP) is 2.57. The van der Waals surface area contributed by atoms with E-state index in [4.69, 9.17) is 4.42 Å². The number of carbonyl (C=O) groups excluding carboxylic acids is 2. The fraction of sp³-hybridized carbons (Fsp3) is 0.368. The highest BCUT2D eigenvalue weighted by Gasteiger charge is 2.26. The van der Waals surface area contributed by atoms with Crippen molar-refractivity contribution < 1.29 is 18.4 Å². The number of nitrogens with zero attached hydrogens (tertiary/aromatic N) is 1. The van der Waals surface area contributed by atoms with Gasteiger partial charge in [-0.2, -0.15) is 11.8 Å². The third-order valence-electron chi connectivity index (χ3n) is 4.45. The fourth-order valence-electron chi connectivity index (χ4n) is 2.91. The minimum absolute atomic E-state index is 0.130. The quantitative estimate of drug-likeness (QED) is 0.767. The lowest BCUT2D eigenvalue weighted by atomic mass is 10.2. The van der Waals surface area contributed by atoms with Crippen LogP contribution in [0.4, 0.5) is 10.1 Å². The second-order valence-electron chi connectivity index (χ2n) is 6.31. The first-order valence-corrected chi connectivity index (χ1v) is 9.90. The molecule has 2 heterocycles. The maximum atomic E-state index is 13.6. The summed E-state index contributed by atoms with van der Waals surface area (Å²) in [6.07, 6.45) is 1.60. The number of carbonyl (C=O) groups is 2. The average molecular weight is 391 g/mol. The van der Waals surface area contributed by atoms with Crippen LogP contribution in [0.3, 0.4) is 0 Å². The Morgan fingerprint density at radius 1 is 1.26 bits per heavy atom. The molecule has 6 nitrogen and oxygen atoms in total. The lowest BCUT2D eigenvalue weighted by Crippen LogP contribution is -2.44. The maximum absolute atomic E-state index is 13.6. The summed E-state index contributed by atoms with van der Waals surface area (Å²) < 4.78 is 19.1. The summed E-state index contributed by atoms with van der Waals surface area (Å²) in [5, 5.41) is 5.08. The Balaban J connectivity index is 1.59. The minimum Gasteiger partial charge on any atom is -0.468 e. The van der Waals surface area contributed by atoms with Crippen LogP contribution >= 0.6 is 11.8 Å². The molecule has 144 valence electrons. The van der Waals surface area contributed by atoms with Gasteiger partial charge in [-0.05, 0) is 36.8 Å². The molecule has 1 saturated heterocycles. The van der Waals surface area contributed by atoms with Gasteiger partial charge in [0.1, 0.15) is 11.6 Å². The van der Waals surface area contributed by atoms with E-state index in [0.717, 1.165) is 30.4 Å². The summed E-state index contributed by atoms with van der Waals surface area (Å²) in [5.41, 5.74) is 0.715. The second kappa shape index (κ2) is 9.05. The first-order chi connectivity index (χ1) is 13.0. The van der Waals surface area contributed by atoms with Crippen molar-refractivity contribution in [2.45, 2.75) is 13.0 Å². The van der Waals surface area contributed by atoms with Crippen LogP contribution in [0.25, 0.3) is 0 Å². The lowest BCUT2D eigenvalue weighted by Gasteiger charge is -2.33. The molecule has 8 heteroatoms. The Morgan fingerprint density at radius 3 is 2.70 bits per heavy atom. The first kappa shape index (κ1) is 19.4. The number of hydrogen-bond donors (Lipinski definition) is 2. The molecule has 0 saturated carbocycles. The molecule has 1 atom stereocenters. The molecule has 1 aliphatic rings. The summed E-state index contributed by atoms with van der Waals surface area (Å²) in [4.78, 5) is 26.5. The summed E-state index contributed by atoms with van der Waals surface area (Å²) in [5.74, 6) is 0.761. The summed E-state index contributed by atoms with van der Waals surface area (Å²) >= 11 is 1.89. The smallest absolute Gasteiger partial charge is 0.313 e. The number of anilines is 1. The van der Waals surface area contributed by atoms with Gasteiger partial charge in [-0.3, -0.25) is 14.5 Å². The Hall–Kier alpha value is -2.32. The average Bonchev–Trinajstić information content (AvgIpc) is 3.20. The Kier molecular flexibility index (Phi) is 6.52. The first-order valence-electron chi connectivity index (χ1n) is 8.75. The zero-order valence-corrected chi connectivity index (χ0v) is 15.9. The van der Waals surface area contributed by atoms with Gasteiger partial charge >= 0.3 is 11.8 Å². The van der Waals surface area contributed by atoms with Gasteiger partial charge in [-0.25, -0.2) is 4.39 Å². The van der Waals surface area contributed by atoms with Crippen LogP contribution in [-0.4, -0.2) is 47.9 Å². The SMILES string of the molecule is Cc1ccc(NC(=O)C(=O)NCC(c2ccco2)N2CCSCC2)cc1F. The summed E-state index contributed by atoms with van der Waals surface area (Å²) in [7, 11) is 0. The second-order valence-corrected chi connectivity index (χ2v) is 7.53. The zero-order chi connectivity index (χ0) is 19.2. The van der Waals surface area contributed by atoms with Gasteiger partial charge in [-0.15, -0.1) is 0 Å². The molecule has 27 heavy (non-hydrogen) atoms. The van der Waals surface area contributed by atoms with Crippen LogP contribution in [-0.2, 0) is 9.59 Å². The number of furan rings is 1. The van der Waals surface area contributed by atoms with E-state index in [2.05, 4.69) is 15.5 Å². The van der Waals surface area contributed by atoms with Crippen LogP contribution in [0.5, 0.6) is 0 Å². The molecular formula is C19H22FN3O3S. The molecule has 3 rings (SSSR count). The number of hydrogen-bond acceptors (Lipinski definition) is 5. The summed E-state index contributed by atoms with van der Waals surface area (Å²) in [6, 6.07) is 7.84. The van der Waals surface area contributed by atoms with Crippen molar-refractivity contribution in [3.63, 3.8) is 0 Å². The van der Waals surface area contributed by atoms with Gasteiger partial charge in [0.2, 0.25) is 0 Å². The molecule has 0 aliphatic carbocycles. The zero-order valence-electron chi connectivity index (χ0n) is 15.0. The molecule has 1 fully saturated rings. The summed E-state index contributed by atoms with van der Waals surface area (Å²) in [6.45, 7) is 3.66. The van der Waals surface area contributed by atoms with Gasteiger partial charge in [0.05, 0.1) is 12.3 Å². The van der Waals surface area contributed by atoms with Crippen LogP contribution in [0.2, 0.25) is 0 Å². The maximum Gasteiger partial charge on any atom is 0.313 e. The highest BCUT2D eigenvalue weighted by molar-refractivity contribution is 7.99. The van der Waals surface area contributed by atoms with Crippen molar-refractivity contribution in [3.05, 3.63) is 53.7 Å². The standard InChI is InChI=1S/C19H22FN3O3S/c1-13-4-5-14(11-15(13)20)22-19(25)18(24)21-12-16(17-3-2-8-26-17)23-6-9-27-10-7-23/h2-5,8,11,16H,6-7,9-10,12H2,1H3,(H,21,24)(H,22,25). The number of aryl methyl sites for hydroxylation is 1. The highest BCUT2D eigenvalue weighted by atomic mass is 32.2. The minimum atomic E-state index is -0.828. The van der Waals surface area contributed by atoms with Crippen molar-refractivity contribution in [2.24, 2.45) is 0 Å². The predicted molar refractivity (Wildman–Crippen MR) is 103 cm³/mol. The lowest BCUT2D eigenvalue weighted by molar-refractivity contribution is -0.136. The van der Waals surface area contributed by atoms with Crippen molar-refractivity contribution in [1.29, 1.82) is 0 Å². The topological polar surface area (TPSA) is 74.6 Å². The molecule has 2 N–H and O–H groups in total. The van der Waals surface area contributed by atoms with Crippen LogP contribution < -0.4 is 10.6 Å². The molecule has 2 amide bonds. The van der Waals surface area contributed by atoms with E-state index in [1.54, 1.807) is 25.3 Å². The largest absolute Gasteiger partial charge is 0.468 e. The molecular weight excluding hydrogens is 369 g/mol. The van der Waals surface area contributed by atoms with Crippen molar-refractivity contribution in [3.8, 4) is 0 Å². The number of nitrogens with one attached hydrogen (secondary N) is 2. The van der Waals surface area contributed by atoms with E-state index < -0.39 is 17.6 Å². The Bertz CT molecular complexity index is 792. The molecule has 0 bridgehead atoms. The van der Waals surface area contributed by atoms with Gasteiger partial charge in [0.15, 0.2) is 0 Å². The van der Waals surface area contributed by atoms with E-state index in [9.17, 15) is 14.0 Å². The normalized spacial score (nSPS) is 15.9. The van der Waals surface area contributed by atoms with Gasteiger partial charge in [0, 0.05) is 36.8 Å². The van der Waals surface area contributed by atoms with Gasteiger partial charge in [-0.1, -0.05) is 6.07 Å². The Labute approximate surface area is 161 Å². The van der Waals surface area contributed by atoms with E-state index in [0.29, 0.717) is 5.56 Å². The van der Waals surface area contributed by atoms with Crippen LogP contribution in [0.15, 0.2) is 41.0 Å². The number of thioether (sulfide) groups is 1. The van der Waals surface area contributed by atoms with Crippen LogP contribution in [0.1, 0.15) is 17.4 Å².